The van der Waals surface area contributed by atoms with Gasteiger partial charge in [-0.2, -0.15) is 13.2 Å². The summed E-state index contributed by atoms with van der Waals surface area (Å²) in [7, 11) is -2.04. The third-order valence-corrected chi connectivity index (χ3v) is 13.1. The number of hydrogen-bond acceptors (Lipinski definition) is 6. The fourth-order valence-electron chi connectivity index (χ4n) is 5.03. The summed E-state index contributed by atoms with van der Waals surface area (Å²) in [6.07, 6.45) is -3.55. The van der Waals surface area contributed by atoms with Crippen LogP contribution in [0, 0.1) is 0 Å². The van der Waals surface area contributed by atoms with Gasteiger partial charge >= 0.3 is 12.1 Å². The summed E-state index contributed by atoms with van der Waals surface area (Å²) in [5.41, 5.74) is 0.963. The van der Waals surface area contributed by atoms with E-state index in [0.717, 1.165) is 6.07 Å². The maximum Gasteiger partial charge on any atom is 0.417 e. The molecule has 0 unspecified atom stereocenters. The van der Waals surface area contributed by atoms with Crippen molar-refractivity contribution in [3.05, 3.63) is 46.6 Å². The first kappa shape index (κ1) is 32.9. The fourth-order valence-corrected chi connectivity index (χ4v) is 10.7. The van der Waals surface area contributed by atoms with Crippen molar-refractivity contribution in [2.75, 3.05) is 19.8 Å². The zero-order valence-electron chi connectivity index (χ0n) is 23.7. The van der Waals surface area contributed by atoms with E-state index in [1.165, 1.54) is 0 Å². The van der Waals surface area contributed by atoms with Crippen molar-refractivity contribution in [3.63, 3.8) is 0 Å². The highest BCUT2D eigenvalue weighted by Gasteiger charge is 2.44. The molecule has 2 rings (SSSR count). The molecule has 11 heteroatoms. The molecule has 0 bridgehead atoms. The number of aryl methyl sites for hydroxylation is 1. The van der Waals surface area contributed by atoms with Gasteiger partial charge in [0, 0.05) is 18.7 Å². The van der Waals surface area contributed by atoms with Crippen molar-refractivity contribution in [2.24, 2.45) is 0 Å². The van der Waals surface area contributed by atoms with Crippen LogP contribution in [-0.4, -0.2) is 39.1 Å². The molecule has 0 aliphatic heterocycles. The molecule has 0 radical (unpaired) electrons. The number of esters is 1. The summed E-state index contributed by atoms with van der Waals surface area (Å²) >= 11 is 6.06. The third-order valence-electron chi connectivity index (χ3n) is 6.70. The van der Waals surface area contributed by atoms with Crippen molar-refractivity contribution in [2.45, 2.75) is 84.1 Å². The van der Waals surface area contributed by atoms with Crippen LogP contribution in [0.1, 0.15) is 66.0 Å². The Morgan fingerprint density at radius 3 is 2.21 bits per heavy atom. The zero-order valence-corrected chi connectivity index (χ0v) is 25.4. The molecule has 0 N–H and O–H groups in total. The minimum absolute atomic E-state index is 0.0960. The smallest absolute Gasteiger partial charge is 0.417 e. The third kappa shape index (κ3) is 8.84. The highest BCUT2D eigenvalue weighted by molar-refractivity contribution is 6.77. The minimum Gasteiger partial charge on any atom is -0.491 e. The van der Waals surface area contributed by atoms with E-state index in [9.17, 15) is 18.0 Å². The number of nitrogens with zero attached hydrogens (tertiary/aromatic N) is 1. The molecular formula is C28H39ClF3NO5Si. The molecule has 2 aromatic rings. The van der Waals surface area contributed by atoms with Crippen molar-refractivity contribution >= 4 is 25.9 Å². The van der Waals surface area contributed by atoms with Crippen LogP contribution in [0.4, 0.5) is 13.2 Å². The minimum atomic E-state index is -4.59. The van der Waals surface area contributed by atoms with Gasteiger partial charge in [0.25, 0.3) is 0 Å². The highest BCUT2D eigenvalue weighted by Crippen LogP contribution is 2.42. The van der Waals surface area contributed by atoms with Crippen LogP contribution in [0.15, 0.2) is 30.5 Å². The summed E-state index contributed by atoms with van der Waals surface area (Å²) in [5, 5.41) is -0.293. The summed E-state index contributed by atoms with van der Waals surface area (Å²) in [6, 6.07) is 5.84. The van der Waals surface area contributed by atoms with E-state index < -0.39 is 20.1 Å². The van der Waals surface area contributed by atoms with E-state index in [2.05, 4.69) is 46.5 Å². The van der Waals surface area contributed by atoms with Gasteiger partial charge in [0.2, 0.25) is 5.88 Å². The molecule has 0 aliphatic carbocycles. The number of pyridine rings is 1. The number of halogens is 4. The SMILES string of the molecule is CCOC(=O)CCc1ccc(OCCO[Si](C(C)C)(C(C)C)C(C)C)cc1Oc1ncc(C(F)(F)F)cc1Cl. The Hall–Kier alpha value is -2.30. The molecule has 0 saturated carbocycles. The molecule has 0 saturated heterocycles. The van der Waals surface area contributed by atoms with E-state index in [-0.39, 0.29) is 42.1 Å². The number of benzene rings is 1. The topological polar surface area (TPSA) is 66.9 Å². The second-order valence-electron chi connectivity index (χ2n) is 10.2. The lowest BCUT2D eigenvalue weighted by Gasteiger charge is -2.42. The number of carbonyl (C=O) groups excluding carboxylic acids is 1. The number of aromatic nitrogens is 1. The van der Waals surface area contributed by atoms with E-state index >= 15 is 0 Å². The maximum absolute atomic E-state index is 13.0. The fraction of sp³-hybridized carbons (Fsp3) is 0.571. The van der Waals surface area contributed by atoms with E-state index in [1.807, 2.05) is 0 Å². The van der Waals surface area contributed by atoms with Crippen LogP contribution < -0.4 is 9.47 Å². The molecule has 0 fully saturated rings. The van der Waals surface area contributed by atoms with Gasteiger partial charge < -0.3 is 18.6 Å². The van der Waals surface area contributed by atoms with Crippen LogP contribution >= 0.6 is 11.6 Å². The summed E-state index contributed by atoms with van der Waals surface area (Å²) in [5.74, 6) is 0.174. The predicted octanol–water partition coefficient (Wildman–Crippen LogP) is 8.61. The molecule has 218 valence electrons. The lowest BCUT2D eigenvalue weighted by Crippen LogP contribution is -2.48. The molecular weight excluding hydrogens is 551 g/mol. The van der Waals surface area contributed by atoms with Crippen molar-refractivity contribution < 1.29 is 36.6 Å². The van der Waals surface area contributed by atoms with Gasteiger partial charge in [0.05, 0.1) is 18.8 Å². The number of alkyl halides is 3. The molecule has 1 aromatic heterocycles. The largest absolute Gasteiger partial charge is 0.491 e. The van der Waals surface area contributed by atoms with Gasteiger partial charge in [-0.1, -0.05) is 59.2 Å². The average Bonchev–Trinajstić information content (AvgIpc) is 2.83. The van der Waals surface area contributed by atoms with Gasteiger partial charge in [-0.15, -0.1) is 0 Å². The Morgan fingerprint density at radius 2 is 1.67 bits per heavy atom. The van der Waals surface area contributed by atoms with E-state index in [0.29, 0.717) is 47.3 Å². The number of hydrogen-bond donors (Lipinski definition) is 0. The van der Waals surface area contributed by atoms with Crippen molar-refractivity contribution in [3.8, 4) is 17.4 Å². The van der Waals surface area contributed by atoms with E-state index in [1.54, 1.807) is 25.1 Å². The standard InChI is InChI=1S/C28H39ClF3NO5Si/c1-8-35-26(34)12-10-21-9-11-23(36-13-14-37-39(18(2)3,19(4)5)20(6)7)16-25(21)38-27-24(29)15-22(17-33-27)28(30,31)32/h9,11,15-20H,8,10,12-14H2,1-7H3. The Bertz CT molecular complexity index is 1070. The number of rotatable bonds is 14. The molecule has 0 amide bonds. The predicted molar refractivity (Wildman–Crippen MR) is 148 cm³/mol. The van der Waals surface area contributed by atoms with Crippen LogP contribution in [-0.2, 0) is 26.6 Å². The summed E-state index contributed by atoms with van der Waals surface area (Å²) < 4.78 is 62.4. The van der Waals surface area contributed by atoms with Crippen LogP contribution in [0.3, 0.4) is 0 Å². The Kier molecular flexibility index (Phi) is 12.1. The van der Waals surface area contributed by atoms with E-state index in [4.69, 9.17) is 30.2 Å². The van der Waals surface area contributed by atoms with Crippen LogP contribution in [0.2, 0.25) is 21.6 Å². The molecule has 6 nitrogen and oxygen atoms in total. The van der Waals surface area contributed by atoms with Gasteiger partial charge in [0.15, 0.2) is 8.32 Å². The Morgan fingerprint density at radius 1 is 1.03 bits per heavy atom. The molecule has 0 aliphatic rings. The number of carbonyl (C=O) groups is 1. The quantitative estimate of drug-likeness (QED) is 0.125. The van der Waals surface area contributed by atoms with Gasteiger partial charge in [-0.25, -0.2) is 4.98 Å². The molecule has 0 spiro atoms. The summed E-state index contributed by atoms with van der Waals surface area (Å²) in [4.78, 5) is 15.7. The number of ether oxygens (including phenoxy) is 3. The Labute approximate surface area is 235 Å². The van der Waals surface area contributed by atoms with Gasteiger partial charge in [-0.3, -0.25) is 4.79 Å². The Balaban J connectivity index is 2.23. The molecule has 1 heterocycles. The first-order valence-electron chi connectivity index (χ1n) is 13.2. The maximum atomic E-state index is 13.0. The molecule has 39 heavy (non-hydrogen) atoms. The molecule has 0 atom stereocenters. The highest BCUT2D eigenvalue weighted by atomic mass is 35.5. The molecule has 1 aromatic carbocycles. The van der Waals surface area contributed by atoms with Crippen molar-refractivity contribution in [1.82, 2.24) is 4.98 Å². The van der Waals surface area contributed by atoms with Gasteiger partial charge in [-0.05, 0) is 47.7 Å². The summed E-state index contributed by atoms with van der Waals surface area (Å²) in [6.45, 7) is 16.0. The second kappa shape index (κ2) is 14.4. The van der Waals surface area contributed by atoms with Gasteiger partial charge in [0.1, 0.15) is 23.1 Å². The van der Waals surface area contributed by atoms with Crippen LogP contribution in [0.25, 0.3) is 0 Å². The first-order valence-corrected chi connectivity index (χ1v) is 15.7. The average molecular weight is 590 g/mol. The normalized spacial score (nSPS) is 12.4. The second-order valence-corrected chi connectivity index (χ2v) is 16.1. The van der Waals surface area contributed by atoms with Crippen LogP contribution in [0.5, 0.6) is 17.4 Å². The first-order chi connectivity index (χ1) is 18.2. The zero-order chi connectivity index (χ0) is 29.4. The lowest BCUT2D eigenvalue weighted by atomic mass is 10.1. The lowest BCUT2D eigenvalue weighted by molar-refractivity contribution is -0.143. The monoisotopic (exact) mass is 589 g/mol. The van der Waals surface area contributed by atoms with Crippen molar-refractivity contribution in [1.29, 1.82) is 0 Å².